The second-order valence-corrected chi connectivity index (χ2v) is 6.05. The summed E-state index contributed by atoms with van der Waals surface area (Å²) in [5, 5.41) is 0. The van der Waals surface area contributed by atoms with Gasteiger partial charge in [-0.3, -0.25) is 9.59 Å². The molecule has 0 saturated carbocycles. The second-order valence-electron chi connectivity index (χ2n) is 6.05. The number of Topliss-reactive ketones (excluding diaryl/α,β-unsaturated/α-hetero) is 1. The van der Waals surface area contributed by atoms with Crippen molar-refractivity contribution in [2.75, 3.05) is 21.2 Å². The Morgan fingerprint density at radius 3 is 2.29 bits per heavy atom. The van der Waals surface area contributed by atoms with Crippen LogP contribution in [0, 0.1) is 6.92 Å². The Balaban J connectivity index is 2.36. The van der Waals surface area contributed by atoms with Crippen LogP contribution >= 0.6 is 0 Å². The molecule has 0 aromatic heterocycles. The Morgan fingerprint density at radius 1 is 1.08 bits per heavy atom. The van der Waals surface area contributed by atoms with E-state index in [1.54, 1.807) is 45.5 Å². The van der Waals surface area contributed by atoms with Crippen LogP contribution in [-0.4, -0.2) is 37.8 Å². The number of ketones is 1. The Morgan fingerprint density at radius 2 is 1.75 bits per heavy atom. The van der Waals surface area contributed by atoms with E-state index in [1.165, 1.54) is 4.90 Å². The smallest absolute Gasteiger partial charge is 0.223 e. The van der Waals surface area contributed by atoms with E-state index in [4.69, 9.17) is 4.74 Å². The molecule has 0 unspecified atom stereocenters. The van der Waals surface area contributed by atoms with Gasteiger partial charge in [0, 0.05) is 26.1 Å². The number of aryl methyl sites for hydroxylation is 1. The molecule has 126 valence electrons. The highest BCUT2D eigenvalue weighted by molar-refractivity contribution is 6.03. The minimum absolute atomic E-state index is 0.0570. The molecule has 2 rings (SSSR count). The number of carbonyl (C=O) groups excluding carboxylic acids is 2. The van der Waals surface area contributed by atoms with Crippen LogP contribution in [0.1, 0.15) is 33.8 Å². The zero-order valence-corrected chi connectivity index (χ0v) is 14.6. The Labute approximate surface area is 143 Å². The topological polar surface area (TPSA) is 46.6 Å². The first-order valence-corrected chi connectivity index (χ1v) is 7.87. The van der Waals surface area contributed by atoms with Crippen LogP contribution in [0.4, 0.5) is 0 Å². The summed E-state index contributed by atoms with van der Waals surface area (Å²) in [6, 6.07) is 14.8. The van der Waals surface area contributed by atoms with Crippen LogP contribution in [0.3, 0.4) is 0 Å². The average molecular weight is 325 g/mol. The molecule has 0 aliphatic heterocycles. The first-order chi connectivity index (χ1) is 11.4. The number of methoxy groups -OCH3 is 1. The molecule has 1 atom stereocenters. The maximum absolute atomic E-state index is 13.0. The zero-order valence-electron chi connectivity index (χ0n) is 14.6. The van der Waals surface area contributed by atoms with E-state index in [0.717, 1.165) is 11.1 Å². The van der Waals surface area contributed by atoms with Crippen molar-refractivity contribution in [3.63, 3.8) is 0 Å². The fourth-order valence-electron chi connectivity index (χ4n) is 2.56. The predicted molar refractivity (Wildman–Crippen MR) is 94.6 cm³/mol. The number of hydrogen-bond acceptors (Lipinski definition) is 3. The number of benzene rings is 2. The number of ether oxygens (including phenoxy) is 1. The number of rotatable bonds is 6. The molecule has 0 fully saturated rings. The monoisotopic (exact) mass is 325 g/mol. The molecule has 0 radical (unpaired) electrons. The Hall–Kier alpha value is -2.62. The highest BCUT2D eigenvalue weighted by Crippen LogP contribution is 2.27. The van der Waals surface area contributed by atoms with Gasteiger partial charge in [-0.15, -0.1) is 0 Å². The third-order valence-corrected chi connectivity index (χ3v) is 4.01. The predicted octanol–water partition coefficient (Wildman–Crippen LogP) is 3.45. The van der Waals surface area contributed by atoms with Gasteiger partial charge >= 0.3 is 0 Å². The maximum atomic E-state index is 13.0. The van der Waals surface area contributed by atoms with E-state index in [9.17, 15) is 9.59 Å². The summed E-state index contributed by atoms with van der Waals surface area (Å²) in [6.45, 7) is 1.98. The normalized spacial score (nSPS) is 11.7. The quantitative estimate of drug-likeness (QED) is 0.764. The molecule has 2 aromatic rings. The van der Waals surface area contributed by atoms with Gasteiger partial charge in [-0.05, 0) is 36.8 Å². The number of nitrogens with zero attached hydrogens (tertiary/aromatic N) is 1. The van der Waals surface area contributed by atoms with E-state index in [1.807, 2.05) is 31.2 Å². The summed E-state index contributed by atoms with van der Waals surface area (Å²) in [5.74, 6) is 0.0815. The van der Waals surface area contributed by atoms with Gasteiger partial charge < -0.3 is 9.64 Å². The van der Waals surface area contributed by atoms with Crippen LogP contribution in [0.25, 0.3) is 0 Å². The largest absolute Gasteiger partial charge is 0.497 e. The maximum Gasteiger partial charge on any atom is 0.223 e. The van der Waals surface area contributed by atoms with E-state index in [2.05, 4.69) is 0 Å². The molecule has 0 bridgehead atoms. The third-order valence-electron chi connectivity index (χ3n) is 4.01. The molecule has 0 spiro atoms. The highest BCUT2D eigenvalue weighted by Gasteiger charge is 2.25. The summed E-state index contributed by atoms with van der Waals surface area (Å²) in [7, 11) is 4.99. The fourth-order valence-corrected chi connectivity index (χ4v) is 2.56. The first-order valence-electron chi connectivity index (χ1n) is 7.87. The average Bonchev–Trinajstić information content (AvgIpc) is 2.58. The molecule has 0 N–H and O–H groups in total. The van der Waals surface area contributed by atoms with Crippen LogP contribution < -0.4 is 4.74 Å². The molecule has 4 nitrogen and oxygen atoms in total. The van der Waals surface area contributed by atoms with E-state index in [-0.39, 0.29) is 18.1 Å². The third kappa shape index (κ3) is 4.22. The first kappa shape index (κ1) is 17.7. The number of carbonyl (C=O) groups is 2. The number of hydrogen-bond donors (Lipinski definition) is 0. The van der Waals surface area contributed by atoms with Gasteiger partial charge in [0.2, 0.25) is 5.91 Å². The van der Waals surface area contributed by atoms with Crippen molar-refractivity contribution >= 4 is 11.7 Å². The van der Waals surface area contributed by atoms with Crippen molar-refractivity contribution in [3.8, 4) is 5.75 Å². The molecule has 0 aliphatic rings. The van der Waals surface area contributed by atoms with Crippen molar-refractivity contribution in [2.45, 2.75) is 19.3 Å². The van der Waals surface area contributed by atoms with Crippen molar-refractivity contribution in [1.82, 2.24) is 4.90 Å². The van der Waals surface area contributed by atoms with Gasteiger partial charge in [0.15, 0.2) is 5.78 Å². The Kier molecular flexibility index (Phi) is 5.74. The van der Waals surface area contributed by atoms with Gasteiger partial charge in [-0.1, -0.05) is 29.8 Å². The molecule has 24 heavy (non-hydrogen) atoms. The van der Waals surface area contributed by atoms with Gasteiger partial charge in [0.1, 0.15) is 5.75 Å². The molecule has 1 amide bonds. The van der Waals surface area contributed by atoms with Crippen molar-refractivity contribution in [2.24, 2.45) is 0 Å². The van der Waals surface area contributed by atoms with Gasteiger partial charge in [-0.2, -0.15) is 0 Å². The minimum atomic E-state index is -0.492. The summed E-state index contributed by atoms with van der Waals surface area (Å²) in [6.07, 6.45) is 0.154. The number of amides is 1. The van der Waals surface area contributed by atoms with Crippen molar-refractivity contribution in [1.29, 1.82) is 0 Å². The lowest BCUT2D eigenvalue weighted by atomic mass is 9.87. The molecule has 2 aromatic carbocycles. The van der Waals surface area contributed by atoms with E-state index in [0.29, 0.717) is 11.3 Å². The molecule has 0 aliphatic carbocycles. The molecular formula is C20H23NO3. The van der Waals surface area contributed by atoms with Gasteiger partial charge in [-0.25, -0.2) is 0 Å². The SMILES string of the molecule is COc1ccc(C(=O)[C@H](CC(=O)N(C)C)c2cccc(C)c2)cc1. The summed E-state index contributed by atoms with van der Waals surface area (Å²) in [4.78, 5) is 26.7. The lowest BCUT2D eigenvalue weighted by Crippen LogP contribution is -2.26. The summed E-state index contributed by atoms with van der Waals surface area (Å²) in [5.41, 5.74) is 2.51. The van der Waals surface area contributed by atoms with Crippen LogP contribution in [0.15, 0.2) is 48.5 Å². The van der Waals surface area contributed by atoms with Gasteiger partial charge in [0.05, 0.1) is 13.0 Å². The molecule has 0 heterocycles. The van der Waals surface area contributed by atoms with Crippen LogP contribution in [-0.2, 0) is 4.79 Å². The van der Waals surface area contributed by atoms with E-state index >= 15 is 0 Å². The summed E-state index contributed by atoms with van der Waals surface area (Å²) < 4.78 is 5.13. The highest BCUT2D eigenvalue weighted by atomic mass is 16.5. The Bertz CT molecular complexity index is 720. The van der Waals surface area contributed by atoms with Crippen molar-refractivity contribution < 1.29 is 14.3 Å². The lowest BCUT2D eigenvalue weighted by Gasteiger charge is -2.19. The van der Waals surface area contributed by atoms with E-state index < -0.39 is 5.92 Å². The van der Waals surface area contributed by atoms with Crippen LogP contribution in [0.2, 0.25) is 0 Å². The molecule has 4 heteroatoms. The fraction of sp³-hybridized carbons (Fsp3) is 0.300. The standard InChI is InChI=1S/C20H23NO3/c1-14-6-5-7-16(12-14)18(13-19(22)21(2)3)20(23)15-8-10-17(24-4)11-9-15/h5-12,18H,13H2,1-4H3/t18-/m1/s1. The minimum Gasteiger partial charge on any atom is -0.497 e. The second kappa shape index (κ2) is 7.77. The van der Waals surface area contributed by atoms with Gasteiger partial charge in [0.25, 0.3) is 0 Å². The lowest BCUT2D eigenvalue weighted by molar-refractivity contribution is -0.128. The zero-order chi connectivity index (χ0) is 17.7. The molecule has 0 saturated heterocycles. The summed E-state index contributed by atoms with van der Waals surface area (Å²) >= 11 is 0. The van der Waals surface area contributed by atoms with Crippen LogP contribution in [0.5, 0.6) is 5.75 Å². The molecular weight excluding hydrogens is 302 g/mol. The van der Waals surface area contributed by atoms with Crippen molar-refractivity contribution in [3.05, 3.63) is 65.2 Å².